The largest absolute Gasteiger partial charge is 0.385 e. The normalized spacial score (nSPS) is 18.4. The lowest BCUT2D eigenvalue weighted by Crippen LogP contribution is -2.39. The van der Waals surface area contributed by atoms with E-state index in [0.717, 1.165) is 84.2 Å². The average molecular weight is 509 g/mol. The summed E-state index contributed by atoms with van der Waals surface area (Å²) < 4.78 is 7.64. The highest BCUT2D eigenvalue weighted by Gasteiger charge is 2.44. The highest BCUT2D eigenvalue weighted by atomic mass is 16.5. The second-order valence-corrected chi connectivity index (χ2v) is 10.9. The van der Waals surface area contributed by atoms with Crippen molar-refractivity contribution in [3.05, 3.63) is 94.0 Å². The van der Waals surface area contributed by atoms with Crippen molar-refractivity contribution < 1.29 is 14.3 Å². The van der Waals surface area contributed by atoms with Crippen molar-refractivity contribution in [1.29, 1.82) is 0 Å². The molecule has 6 rings (SSSR count). The number of nitrogens with zero attached hydrogens (tertiary/aromatic N) is 2. The molecule has 0 saturated carbocycles. The van der Waals surface area contributed by atoms with Gasteiger partial charge in [-0.25, -0.2) is 0 Å². The van der Waals surface area contributed by atoms with Gasteiger partial charge < -0.3 is 14.2 Å². The van der Waals surface area contributed by atoms with Crippen LogP contribution in [0.15, 0.2) is 77.3 Å². The lowest BCUT2D eigenvalue weighted by atomic mass is 9.71. The fraction of sp³-hybridized carbons (Fsp3) is 0.394. The van der Waals surface area contributed by atoms with E-state index < -0.39 is 0 Å². The quantitative estimate of drug-likeness (QED) is 0.344. The van der Waals surface area contributed by atoms with Gasteiger partial charge >= 0.3 is 0 Å². The maximum Gasteiger partial charge on any atom is 0.161 e. The number of hydrogen-bond acceptors (Lipinski definition) is 4. The first-order valence-corrected chi connectivity index (χ1v) is 14.0. The number of Topliss-reactive ketones (excluding diaryl/α,β-unsaturated/α-hetero) is 2. The molecule has 3 aliphatic rings. The molecule has 1 aliphatic heterocycles. The Morgan fingerprint density at radius 2 is 1.53 bits per heavy atom. The van der Waals surface area contributed by atoms with Crippen LogP contribution in [0.4, 0.5) is 0 Å². The van der Waals surface area contributed by atoms with Crippen LogP contribution in [0.1, 0.15) is 67.6 Å². The van der Waals surface area contributed by atoms with E-state index in [4.69, 9.17) is 4.74 Å². The summed E-state index contributed by atoms with van der Waals surface area (Å²) in [6, 6.07) is 17.1. The molecule has 1 aromatic heterocycles. The van der Waals surface area contributed by atoms with Gasteiger partial charge in [-0.1, -0.05) is 48.0 Å². The van der Waals surface area contributed by atoms with E-state index in [1.165, 1.54) is 11.1 Å². The van der Waals surface area contributed by atoms with Crippen molar-refractivity contribution in [1.82, 2.24) is 9.47 Å². The number of fused-ring (bicyclic) bond motifs is 1. The maximum atomic E-state index is 13.7. The minimum Gasteiger partial charge on any atom is -0.385 e. The smallest absolute Gasteiger partial charge is 0.161 e. The second-order valence-electron chi connectivity index (χ2n) is 10.9. The van der Waals surface area contributed by atoms with Crippen molar-refractivity contribution in [3.63, 3.8) is 0 Å². The molecular formula is C33H36N2O3. The summed E-state index contributed by atoms with van der Waals surface area (Å²) >= 11 is 0. The standard InChI is InChI=1S/C33H36N2O3/c1-22-14-16-23(17-15-22)20-34-21-25(24-8-3-4-9-26(24)34)31-32-27(10-5-12-29(32)36)35(18-7-19-38-2)28-11-6-13-30(37)33(28)31/h3-4,8-9,14-17,21,31H,5-7,10-13,18-20H2,1-2H3. The molecule has 2 aliphatic carbocycles. The number of para-hydroxylation sites is 1. The number of carbonyl (C=O) groups is 2. The maximum absolute atomic E-state index is 13.7. The number of methoxy groups -OCH3 is 1. The fourth-order valence-corrected chi connectivity index (χ4v) is 6.69. The molecule has 5 heteroatoms. The number of ether oxygens (including phenoxy) is 1. The molecule has 0 unspecified atom stereocenters. The first-order valence-electron chi connectivity index (χ1n) is 14.0. The van der Waals surface area contributed by atoms with Crippen LogP contribution in [-0.2, 0) is 20.9 Å². The van der Waals surface area contributed by atoms with Crippen LogP contribution in [0.3, 0.4) is 0 Å². The van der Waals surface area contributed by atoms with Crippen LogP contribution in [-0.4, -0.2) is 41.3 Å². The van der Waals surface area contributed by atoms with Gasteiger partial charge in [0.2, 0.25) is 0 Å². The average Bonchev–Trinajstić information content (AvgIpc) is 3.28. The number of benzene rings is 2. The predicted molar refractivity (Wildman–Crippen MR) is 150 cm³/mol. The van der Waals surface area contributed by atoms with Crippen molar-refractivity contribution >= 4 is 22.5 Å². The zero-order valence-corrected chi connectivity index (χ0v) is 22.5. The number of carbonyl (C=O) groups excluding carboxylic acids is 2. The summed E-state index contributed by atoms with van der Waals surface area (Å²) in [5.74, 6) is 0.116. The van der Waals surface area contributed by atoms with Crippen molar-refractivity contribution in [2.45, 2.75) is 64.3 Å². The number of allylic oxidation sites excluding steroid dienone is 4. The molecule has 196 valence electrons. The van der Waals surface area contributed by atoms with Crippen LogP contribution >= 0.6 is 0 Å². The SMILES string of the molecule is COCCCN1C2=C(C(=O)CCC2)C(c2cn(Cc3ccc(C)cc3)c3ccccc23)C2=C1CCCC2=O. The van der Waals surface area contributed by atoms with Crippen LogP contribution in [0.5, 0.6) is 0 Å². The minimum absolute atomic E-state index is 0.202. The third-order valence-corrected chi connectivity index (χ3v) is 8.42. The monoisotopic (exact) mass is 508 g/mol. The number of hydrogen-bond donors (Lipinski definition) is 0. The number of rotatable bonds is 7. The van der Waals surface area contributed by atoms with Gasteiger partial charge in [0.05, 0.1) is 0 Å². The summed E-state index contributed by atoms with van der Waals surface area (Å²) in [6.45, 7) is 4.30. The van der Waals surface area contributed by atoms with E-state index in [-0.39, 0.29) is 17.5 Å². The summed E-state index contributed by atoms with van der Waals surface area (Å²) in [4.78, 5) is 29.7. The fourth-order valence-electron chi connectivity index (χ4n) is 6.69. The summed E-state index contributed by atoms with van der Waals surface area (Å²) in [5.41, 5.74) is 8.73. The minimum atomic E-state index is -0.288. The highest BCUT2D eigenvalue weighted by molar-refractivity contribution is 6.07. The molecule has 0 atom stereocenters. The van der Waals surface area contributed by atoms with Gasteiger partial charge in [-0.3, -0.25) is 9.59 Å². The Labute approximate surface area is 224 Å². The Bertz CT molecular complexity index is 1410. The lowest BCUT2D eigenvalue weighted by molar-refractivity contribution is -0.117. The van der Waals surface area contributed by atoms with Crippen molar-refractivity contribution in [2.75, 3.05) is 20.3 Å². The summed E-state index contributed by atoms with van der Waals surface area (Å²) in [7, 11) is 1.72. The molecule has 2 aromatic carbocycles. The first kappa shape index (κ1) is 24.9. The van der Waals surface area contributed by atoms with Crippen LogP contribution in [0, 0.1) is 6.92 Å². The topological polar surface area (TPSA) is 51.5 Å². The molecular weight excluding hydrogens is 472 g/mol. The van der Waals surface area contributed by atoms with Crippen molar-refractivity contribution in [3.8, 4) is 0 Å². The summed E-state index contributed by atoms with van der Waals surface area (Å²) in [5, 5.41) is 1.13. The van der Waals surface area contributed by atoms with Gasteiger partial charge in [0.25, 0.3) is 0 Å². The Morgan fingerprint density at radius 3 is 2.18 bits per heavy atom. The van der Waals surface area contributed by atoms with Gasteiger partial charge in [-0.2, -0.15) is 0 Å². The molecule has 3 aromatic rings. The van der Waals surface area contributed by atoms with E-state index in [1.807, 2.05) is 0 Å². The number of aryl methyl sites for hydroxylation is 1. The zero-order valence-electron chi connectivity index (χ0n) is 22.5. The van der Waals surface area contributed by atoms with Crippen molar-refractivity contribution in [2.24, 2.45) is 0 Å². The van der Waals surface area contributed by atoms with E-state index in [2.05, 4.69) is 71.1 Å². The molecule has 0 bridgehead atoms. The molecule has 0 N–H and O–H groups in total. The molecule has 0 spiro atoms. The van der Waals surface area contributed by atoms with Crippen LogP contribution < -0.4 is 0 Å². The number of aromatic nitrogens is 1. The molecule has 38 heavy (non-hydrogen) atoms. The molecule has 0 amide bonds. The van der Waals surface area contributed by atoms with E-state index in [1.54, 1.807) is 7.11 Å². The molecule has 0 saturated heterocycles. The Morgan fingerprint density at radius 1 is 0.868 bits per heavy atom. The molecule has 0 radical (unpaired) electrons. The summed E-state index contributed by atoms with van der Waals surface area (Å²) in [6.07, 6.45) is 7.71. The Hall–Kier alpha value is -3.44. The van der Waals surface area contributed by atoms with Crippen LogP contribution in [0.25, 0.3) is 10.9 Å². The number of ketones is 2. The third-order valence-electron chi connectivity index (χ3n) is 8.42. The Kier molecular flexibility index (Phi) is 6.79. The van der Waals surface area contributed by atoms with Crippen LogP contribution in [0.2, 0.25) is 0 Å². The highest BCUT2D eigenvalue weighted by Crippen LogP contribution is 2.50. The van der Waals surface area contributed by atoms with Gasteiger partial charge in [-0.15, -0.1) is 0 Å². The third kappa shape index (κ3) is 4.33. The van der Waals surface area contributed by atoms with Gasteiger partial charge in [0.1, 0.15) is 0 Å². The van der Waals surface area contributed by atoms with E-state index in [0.29, 0.717) is 19.4 Å². The van der Waals surface area contributed by atoms with Gasteiger partial charge in [-0.05, 0) is 56.2 Å². The zero-order chi connectivity index (χ0) is 26.2. The Balaban J connectivity index is 1.53. The van der Waals surface area contributed by atoms with Gasteiger partial charge in [0.15, 0.2) is 11.6 Å². The molecule has 2 heterocycles. The second kappa shape index (κ2) is 10.4. The van der Waals surface area contributed by atoms with E-state index >= 15 is 0 Å². The van der Waals surface area contributed by atoms with E-state index in [9.17, 15) is 9.59 Å². The predicted octanol–water partition coefficient (Wildman–Crippen LogP) is 6.45. The molecule has 5 nitrogen and oxygen atoms in total. The molecule has 0 fully saturated rings. The lowest BCUT2D eigenvalue weighted by Gasteiger charge is -2.44. The van der Waals surface area contributed by atoms with Gasteiger partial charge in [0, 0.05) is 85.2 Å². The first-order chi connectivity index (χ1) is 18.6.